The van der Waals surface area contributed by atoms with E-state index in [0.717, 1.165) is 19.3 Å². The summed E-state index contributed by atoms with van der Waals surface area (Å²) >= 11 is 0. The van der Waals surface area contributed by atoms with Crippen LogP contribution in [0.25, 0.3) is 0 Å². The Morgan fingerprint density at radius 3 is 2.42 bits per heavy atom. The van der Waals surface area contributed by atoms with Crippen molar-refractivity contribution in [3.63, 3.8) is 0 Å². The monoisotopic (exact) mass is 263 g/mol. The Kier molecular flexibility index (Phi) is 7.01. The summed E-state index contributed by atoms with van der Waals surface area (Å²) in [6.45, 7) is 8.75. The van der Waals surface area contributed by atoms with Crippen molar-refractivity contribution in [3.8, 4) is 11.5 Å². The van der Waals surface area contributed by atoms with E-state index in [1.54, 1.807) is 12.1 Å². The second-order valence-electron chi connectivity index (χ2n) is 4.26. The quantitative estimate of drug-likeness (QED) is 0.498. The standard InChI is InChI=1S/C16H23O3/c1-4-7-8-9-14(17)13-10-11-15(18-5-2)16(12-13)19-6-3/h10-12H,1,4-9H2,2-3H3. The molecule has 0 heterocycles. The molecule has 0 aliphatic rings. The number of benzene rings is 1. The van der Waals surface area contributed by atoms with Crippen LogP contribution in [-0.2, 0) is 0 Å². The van der Waals surface area contributed by atoms with Crippen LogP contribution in [0.4, 0.5) is 0 Å². The molecule has 0 bridgehead atoms. The van der Waals surface area contributed by atoms with E-state index < -0.39 is 0 Å². The SMILES string of the molecule is [CH2]CCCCC(=O)c1ccc(OCC)c(OCC)c1. The number of ether oxygens (including phenoxy) is 2. The zero-order valence-electron chi connectivity index (χ0n) is 11.9. The fourth-order valence-corrected chi connectivity index (χ4v) is 1.83. The average Bonchev–Trinajstić information content (AvgIpc) is 2.41. The van der Waals surface area contributed by atoms with E-state index in [1.165, 1.54) is 0 Å². The lowest BCUT2D eigenvalue weighted by Gasteiger charge is -2.12. The molecular weight excluding hydrogens is 240 g/mol. The number of rotatable bonds is 9. The summed E-state index contributed by atoms with van der Waals surface area (Å²) in [6.07, 6.45) is 3.32. The van der Waals surface area contributed by atoms with E-state index >= 15 is 0 Å². The molecule has 0 saturated carbocycles. The van der Waals surface area contributed by atoms with E-state index in [9.17, 15) is 4.79 Å². The first-order valence-corrected chi connectivity index (χ1v) is 6.95. The third-order valence-corrected chi connectivity index (χ3v) is 2.77. The van der Waals surface area contributed by atoms with Crippen molar-refractivity contribution in [2.24, 2.45) is 0 Å². The minimum atomic E-state index is 0.150. The van der Waals surface area contributed by atoms with Gasteiger partial charge >= 0.3 is 0 Å². The minimum absolute atomic E-state index is 0.150. The fourth-order valence-electron chi connectivity index (χ4n) is 1.83. The number of Topliss-reactive ketones (excluding diaryl/α,β-unsaturated/α-hetero) is 1. The van der Waals surface area contributed by atoms with Crippen LogP contribution in [-0.4, -0.2) is 19.0 Å². The number of hydrogen-bond donors (Lipinski definition) is 0. The van der Waals surface area contributed by atoms with Crippen LogP contribution >= 0.6 is 0 Å². The van der Waals surface area contributed by atoms with Gasteiger partial charge in [-0.2, -0.15) is 0 Å². The van der Waals surface area contributed by atoms with Crippen LogP contribution in [0, 0.1) is 6.92 Å². The maximum atomic E-state index is 12.0. The van der Waals surface area contributed by atoms with Gasteiger partial charge in [-0.05, 0) is 38.5 Å². The Balaban J connectivity index is 2.78. The number of hydrogen-bond acceptors (Lipinski definition) is 3. The smallest absolute Gasteiger partial charge is 0.163 e. The summed E-state index contributed by atoms with van der Waals surface area (Å²) in [6, 6.07) is 5.39. The van der Waals surface area contributed by atoms with Gasteiger partial charge in [0, 0.05) is 12.0 Å². The van der Waals surface area contributed by atoms with Crippen molar-refractivity contribution in [1.82, 2.24) is 0 Å². The van der Waals surface area contributed by atoms with Crippen molar-refractivity contribution < 1.29 is 14.3 Å². The van der Waals surface area contributed by atoms with Gasteiger partial charge in [-0.3, -0.25) is 4.79 Å². The molecule has 3 heteroatoms. The third-order valence-electron chi connectivity index (χ3n) is 2.77. The Morgan fingerprint density at radius 1 is 1.11 bits per heavy atom. The number of ketones is 1. The molecule has 0 aromatic heterocycles. The molecule has 0 aliphatic carbocycles. The van der Waals surface area contributed by atoms with Gasteiger partial charge in [0.15, 0.2) is 17.3 Å². The van der Waals surface area contributed by atoms with Crippen LogP contribution in [0.5, 0.6) is 11.5 Å². The van der Waals surface area contributed by atoms with Crippen LogP contribution in [0.3, 0.4) is 0 Å². The predicted octanol–water partition coefficient (Wildman–Crippen LogP) is 4.06. The van der Waals surface area contributed by atoms with E-state index in [0.29, 0.717) is 36.7 Å². The van der Waals surface area contributed by atoms with Crippen LogP contribution in [0.2, 0.25) is 0 Å². The molecule has 1 rings (SSSR count). The van der Waals surface area contributed by atoms with Gasteiger partial charge in [0.05, 0.1) is 13.2 Å². The normalized spacial score (nSPS) is 10.3. The molecule has 3 nitrogen and oxygen atoms in total. The van der Waals surface area contributed by atoms with Crippen molar-refractivity contribution in [2.45, 2.75) is 39.5 Å². The second-order valence-corrected chi connectivity index (χ2v) is 4.26. The van der Waals surface area contributed by atoms with Crippen molar-refractivity contribution in [2.75, 3.05) is 13.2 Å². The highest BCUT2D eigenvalue weighted by Gasteiger charge is 2.11. The number of unbranched alkanes of at least 4 members (excludes halogenated alkanes) is 2. The molecule has 1 aromatic rings. The minimum Gasteiger partial charge on any atom is -0.490 e. The lowest BCUT2D eigenvalue weighted by molar-refractivity contribution is 0.0979. The third kappa shape index (κ3) is 4.93. The molecule has 1 aromatic carbocycles. The maximum absolute atomic E-state index is 12.0. The van der Waals surface area contributed by atoms with Gasteiger partial charge in [-0.1, -0.05) is 19.8 Å². The van der Waals surface area contributed by atoms with Crippen molar-refractivity contribution in [3.05, 3.63) is 30.7 Å². The molecule has 0 amide bonds. The molecule has 0 unspecified atom stereocenters. The molecule has 1 radical (unpaired) electrons. The zero-order chi connectivity index (χ0) is 14.1. The molecule has 0 atom stereocenters. The highest BCUT2D eigenvalue weighted by Crippen LogP contribution is 2.29. The van der Waals surface area contributed by atoms with Gasteiger partial charge in [-0.15, -0.1) is 0 Å². The maximum Gasteiger partial charge on any atom is 0.163 e. The number of carbonyl (C=O) groups excluding carboxylic acids is 1. The number of carbonyl (C=O) groups is 1. The van der Waals surface area contributed by atoms with Crippen molar-refractivity contribution in [1.29, 1.82) is 0 Å². The highest BCUT2D eigenvalue weighted by molar-refractivity contribution is 5.96. The first-order chi connectivity index (χ1) is 9.22. The molecule has 0 fully saturated rings. The molecule has 0 saturated heterocycles. The molecule has 0 aliphatic heterocycles. The topological polar surface area (TPSA) is 35.5 Å². The largest absolute Gasteiger partial charge is 0.490 e. The Hall–Kier alpha value is -1.51. The first kappa shape index (κ1) is 15.5. The van der Waals surface area contributed by atoms with E-state index in [2.05, 4.69) is 6.92 Å². The molecular formula is C16H23O3. The van der Waals surface area contributed by atoms with Crippen LogP contribution < -0.4 is 9.47 Å². The Bertz CT molecular complexity index is 399. The fraction of sp³-hybridized carbons (Fsp3) is 0.500. The van der Waals surface area contributed by atoms with Crippen LogP contribution in [0.15, 0.2) is 18.2 Å². The van der Waals surface area contributed by atoms with E-state index in [1.807, 2.05) is 19.9 Å². The highest BCUT2D eigenvalue weighted by atomic mass is 16.5. The summed E-state index contributed by atoms with van der Waals surface area (Å²) < 4.78 is 11.0. The predicted molar refractivity (Wildman–Crippen MR) is 76.9 cm³/mol. The van der Waals surface area contributed by atoms with Gasteiger partial charge in [-0.25, -0.2) is 0 Å². The molecule has 0 spiro atoms. The summed E-state index contributed by atoms with van der Waals surface area (Å²) in [5.41, 5.74) is 0.691. The summed E-state index contributed by atoms with van der Waals surface area (Å²) in [4.78, 5) is 12.0. The zero-order valence-corrected chi connectivity index (χ0v) is 11.9. The Labute approximate surface area is 115 Å². The second kappa shape index (κ2) is 8.57. The van der Waals surface area contributed by atoms with Gasteiger partial charge < -0.3 is 9.47 Å². The summed E-state index contributed by atoms with van der Waals surface area (Å²) in [7, 11) is 0. The molecule has 0 N–H and O–H groups in total. The first-order valence-electron chi connectivity index (χ1n) is 6.95. The molecule has 19 heavy (non-hydrogen) atoms. The van der Waals surface area contributed by atoms with Gasteiger partial charge in [0.2, 0.25) is 0 Å². The molecule has 105 valence electrons. The van der Waals surface area contributed by atoms with Crippen LogP contribution in [0.1, 0.15) is 49.9 Å². The van der Waals surface area contributed by atoms with E-state index in [4.69, 9.17) is 9.47 Å². The average molecular weight is 263 g/mol. The lowest BCUT2D eigenvalue weighted by Crippen LogP contribution is -2.03. The van der Waals surface area contributed by atoms with Gasteiger partial charge in [0.1, 0.15) is 0 Å². The van der Waals surface area contributed by atoms with Crippen molar-refractivity contribution >= 4 is 5.78 Å². The van der Waals surface area contributed by atoms with Gasteiger partial charge in [0.25, 0.3) is 0 Å². The van der Waals surface area contributed by atoms with E-state index in [-0.39, 0.29) is 5.78 Å². The lowest BCUT2D eigenvalue weighted by atomic mass is 10.0. The summed E-state index contributed by atoms with van der Waals surface area (Å²) in [5.74, 6) is 1.49. The summed E-state index contributed by atoms with van der Waals surface area (Å²) in [5, 5.41) is 0. The Morgan fingerprint density at radius 2 is 1.79 bits per heavy atom.